The molecule has 1 aliphatic carbocycles. The van der Waals surface area contributed by atoms with Gasteiger partial charge < -0.3 is 16.5 Å². The van der Waals surface area contributed by atoms with Gasteiger partial charge in [-0.05, 0) is 62.4 Å². The third kappa shape index (κ3) is 5.16. The Morgan fingerprint density at radius 3 is 2.87 bits per heavy atom. The fraction of sp³-hybridized carbons (Fsp3) is 0.435. The van der Waals surface area contributed by atoms with Crippen molar-refractivity contribution in [1.82, 2.24) is 19.9 Å². The topological polar surface area (TPSA) is 109 Å². The van der Waals surface area contributed by atoms with E-state index in [0.717, 1.165) is 55.6 Å². The van der Waals surface area contributed by atoms with E-state index < -0.39 is 0 Å². The molecule has 160 valence electrons. The number of rotatable bonds is 8. The van der Waals surface area contributed by atoms with Gasteiger partial charge in [-0.1, -0.05) is 25.6 Å². The highest BCUT2D eigenvalue weighted by Crippen LogP contribution is 2.33. The molecule has 4 rings (SSSR count). The van der Waals surface area contributed by atoms with Crippen LogP contribution in [-0.4, -0.2) is 38.9 Å². The Kier molecular flexibility index (Phi) is 7.41. The summed E-state index contributed by atoms with van der Waals surface area (Å²) in [5.74, 6) is 1.16. The number of nitrogens with two attached hydrogens (primary N) is 2. The molecule has 0 aliphatic heterocycles. The van der Waals surface area contributed by atoms with Crippen LogP contribution in [0.2, 0.25) is 0 Å². The third-order valence-corrected chi connectivity index (χ3v) is 5.55. The monoisotopic (exact) mass is 407 g/mol. The highest BCUT2D eigenvalue weighted by Gasteiger charge is 2.27. The molecule has 2 heterocycles. The zero-order valence-electron chi connectivity index (χ0n) is 16.7. The summed E-state index contributed by atoms with van der Waals surface area (Å²) in [4.78, 5) is 19.6. The van der Waals surface area contributed by atoms with Gasteiger partial charge in [-0.3, -0.25) is 14.9 Å². The van der Waals surface area contributed by atoms with Crippen molar-refractivity contribution in [3.8, 4) is 0 Å². The largest absolute Gasteiger partial charge is 0.370 e. The van der Waals surface area contributed by atoms with Gasteiger partial charge in [0.1, 0.15) is 5.82 Å². The molecular formula is C23H33N7. The number of aromatic nitrogens is 3. The molecule has 5 N–H and O–H groups in total. The van der Waals surface area contributed by atoms with Crippen LogP contribution in [0, 0.1) is 0 Å². The van der Waals surface area contributed by atoms with Crippen LogP contribution in [0.15, 0.2) is 47.6 Å². The molecular weight excluding hydrogens is 374 g/mol. The summed E-state index contributed by atoms with van der Waals surface area (Å²) in [5.41, 5.74) is 15.6. The first-order valence-corrected chi connectivity index (χ1v) is 10.4. The van der Waals surface area contributed by atoms with E-state index in [1.54, 1.807) is 0 Å². The molecule has 0 spiro atoms. The van der Waals surface area contributed by atoms with Gasteiger partial charge in [0.2, 0.25) is 0 Å². The zero-order chi connectivity index (χ0) is 20.1. The highest BCUT2D eigenvalue weighted by atomic mass is 15.2. The minimum atomic E-state index is 0. The number of imidazole rings is 1. The smallest absolute Gasteiger partial charge is 0.185 e. The second kappa shape index (κ2) is 10.2. The van der Waals surface area contributed by atoms with Crippen molar-refractivity contribution in [2.45, 2.75) is 52.1 Å². The Balaban J connectivity index is 0.00000256. The molecule has 7 nitrogen and oxygen atoms in total. The minimum absolute atomic E-state index is 0. The number of nitrogens with zero attached hydrogens (tertiary/aromatic N) is 4. The fourth-order valence-electron chi connectivity index (χ4n) is 4.19. The Morgan fingerprint density at radius 1 is 1.17 bits per heavy atom. The maximum atomic E-state index is 5.44. The SMILES string of the molecule is C.NC(N)=NCCCCN(Cc1nc2ccccc2[nH]1)C1CCCc2cccnc21. The van der Waals surface area contributed by atoms with E-state index >= 15 is 0 Å². The van der Waals surface area contributed by atoms with Crippen molar-refractivity contribution >= 4 is 17.0 Å². The second-order valence-electron chi connectivity index (χ2n) is 7.64. The van der Waals surface area contributed by atoms with Crippen LogP contribution in [0.3, 0.4) is 0 Å². The average Bonchev–Trinajstić information content (AvgIpc) is 3.14. The number of nitrogens with one attached hydrogen (secondary N) is 1. The molecule has 1 unspecified atom stereocenters. The lowest BCUT2D eigenvalue weighted by atomic mass is 9.90. The number of guanidine groups is 1. The van der Waals surface area contributed by atoms with Crippen molar-refractivity contribution in [1.29, 1.82) is 0 Å². The predicted molar refractivity (Wildman–Crippen MR) is 123 cm³/mol. The van der Waals surface area contributed by atoms with Crippen LogP contribution in [0.25, 0.3) is 11.0 Å². The number of fused-ring (bicyclic) bond motifs is 2. The van der Waals surface area contributed by atoms with Crippen molar-refractivity contribution < 1.29 is 0 Å². The summed E-state index contributed by atoms with van der Waals surface area (Å²) >= 11 is 0. The van der Waals surface area contributed by atoms with E-state index in [-0.39, 0.29) is 13.4 Å². The molecule has 1 aromatic carbocycles. The summed E-state index contributed by atoms with van der Waals surface area (Å²) in [6.45, 7) is 2.40. The quantitative estimate of drug-likeness (QED) is 0.301. The van der Waals surface area contributed by atoms with Crippen LogP contribution in [0.5, 0.6) is 0 Å². The third-order valence-electron chi connectivity index (χ3n) is 5.55. The van der Waals surface area contributed by atoms with E-state index in [0.29, 0.717) is 12.6 Å². The molecule has 1 aliphatic rings. The number of pyridine rings is 1. The van der Waals surface area contributed by atoms with Crippen LogP contribution in [0.1, 0.15) is 56.2 Å². The summed E-state index contributed by atoms with van der Waals surface area (Å²) in [7, 11) is 0. The Hall–Kier alpha value is -2.93. The summed E-state index contributed by atoms with van der Waals surface area (Å²) in [6, 6.07) is 12.8. The zero-order valence-corrected chi connectivity index (χ0v) is 16.7. The van der Waals surface area contributed by atoms with Crippen LogP contribution in [0.4, 0.5) is 0 Å². The lowest BCUT2D eigenvalue weighted by Crippen LogP contribution is -2.33. The number of para-hydroxylation sites is 2. The lowest BCUT2D eigenvalue weighted by molar-refractivity contribution is 0.159. The summed E-state index contributed by atoms with van der Waals surface area (Å²) in [6.07, 6.45) is 7.32. The van der Waals surface area contributed by atoms with Gasteiger partial charge in [0.05, 0.1) is 29.3 Å². The van der Waals surface area contributed by atoms with Gasteiger partial charge in [-0.25, -0.2) is 4.98 Å². The lowest BCUT2D eigenvalue weighted by Gasteiger charge is -2.34. The average molecular weight is 408 g/mol. The first kappa shape index (κ1) is 21.8. The van der Waals surface area contributed by atoms with Crippen LogP contribution >= 0.6 is 0 Å². The van der Waals surface area contributed by atoms with Crippen molar-refractivity contribution in [3.05, 3.63) is 59.7 Å². The number of hydrogen-bond acceptors (Lipinski definition) is 4. The number of aryl methyl sites for hydroxylation is 1. The number of benzene rings is 1. The molecule has 0 radical (unpaired) electrons. The minimum Gasteiger partial charge on any atom is -0.370 e. The number of aliphatic imine (C=N–C) groups is 1. The Morgan fingerprint density at radius 2 is 2.03 bits per heavy atom. The molecule has 2 aromatic heterocycles. The van der Waals surface area contributed by atoms with E-state index in [1.807, 2.05) is 30.5 Å². The van der Waals surface area contributed by atoms with Gasteiger partial charge in [0.25, 0.3) is 0 Å². The van der Waals surface area contributed by atoms with Crippen molar-refractivity contribution in [2.24, 2.45) is 16.5 Å². The summed E-state index contributed by atoms with van der Waals surface area (Å²) < 4.78 is 0. The molecule has 0 saturated carbocycles. The number of hydrogen-bond donors (Lipinski definition) is 3. The Labute approximate surface area is 178 Å². The van der Waals surface area contributed by atoms with Crippen molar-refractivity contribution in [2.75, 3.05) is 13.1 Å². The van der Waals surface area contributed by atoms with Gasteiger partial charge in [0, 0.05) is 12.7 Å². The molecule has 3 aromatic rings. The van der Waals surface area contributed by atoms with Crippen molar-refractivity contribution in [3.63, 3.8) is 0 Å². The van der Waals surface area contributed by atoms with Gasteiger partial charge in [-0.2, -0.15) is 0 Å². The highest BCUT2D eigenvalue weighted by molar-refractivity contribution is 5.75. The normalized spacial score (nSPS) is 15.6. The molecule has 0 saturated heterocycles. The summed E-state index contributed by atoms with van der Waals surface area (Å²) in [5, 5.41) is 0. The number of H-pyrrole nitrogens is 1. The number of unbranched alkanes of at least 4 members (excludes halogenated alkanes) is 1. The second-order valence-corrected chi connectivity index (χ2v) is 7.64. The van der Waals surface area contributed by atoms with Crippen LogP contribution < -0.4 is 11.5 Å². The molecule has 1 atom stereocenters. The van der Waals surface area contributed by atoms with E-state index in [2.05, 4.69) is 27.0 Å². The van der Waals surface area contributed by atoms with E-state index in [1.165, 1.54) is 17.7 Å². The number of aromatic amines is 1. The maximum Gasteiger partial charge on any atom is 0.185 e. The fourth-order valence-corrected chi connectivity index (χ4v) is 4.19. The molecule has 7 heteroatoms. The Bertz CT molecular complexity index is 941. The molecule has 0 fully saturated rings. The molecule has 30 heavy (non-hydrogen) atoms. The first-order valence-electron chi connectivity index (χ1n) is 10.4. The maximum absolute atomic E-state index is 5.44. The predicted octanol–water partition coefficient (Wildman–Crippen LogP) is 3.53. The van der Waals surface area contributed by atoms with Gasteiger partial charge in [-0.15, -0.1) is 0 Å². The van der Waals surface area contributed by atoms with Crippen LogP contribution in [-0.2, 0) is 13.0 Å². The standard InChI is InChI=1S/C22H29N7.CH4/c23-22(24)26-12-3-4-14-29(15-20-27-17-9-1-2-10-18(17)28-20)19-11-5-7-16-8-6-13-25-21(16)19;/h1-2,6,8-10,13,19H,3-5,7,11-12,14-15H2,(H,27,28)(H4,23,24,26);1H4. The van der Waals surface area contributed by atoms with E-state index in [9.17, 15) is 0 Å². The van der Waals surface area contributed by atoms with Gasteiger partial charge in [0.15, 0.2) is 5.96 Å². The van der Waals surface area contributed by atoms with Gasteiger partial charge >= 0.3 is 0 Å². The first-order chi connectivity index (χ1) is 14.2. The van der Waals surface area contributed by atoms with E-state index in [4.69, 9.17) is 21.4 Å². The molecule has 0 amide bonds. The molecule has 0 bridgehead atoms.